The molecule has 1 aromatic carbocycles. The van der Waals surface area contributed by atoms with Crippen molar-refractivity contribution >= 4 is 23.5 Å². The van der Waals surface area contributed by atoms with Gasteiger partial charge in [0.2, 0.25) is 0 Å². The van der Waals surface area contributed by atoms with Crippen LogP contribution in [0.25, 0.3) is 6.08 Å². The molecule has 5 heteroatoms. The van der Waals surface area contributed by atoms with Gasteiger partial charge in [0.05, 0.1) is 18.6 Å². The van der Waals surface area contributed by atoms with Crippen LogP contribution in [0.5, 0.6) is 0 Å². The number of rotatable bonds is 6. The van der Waals surface area contributed by atoms with E-state index in [1.54, 1.807) is 25.2 Å². The lowest BCUT2D eigenvalue weighted by Gasteiger charge is -2.17. The zero-order chi connectivity index (χ0) is 16.8. The van der Waals surface area contributed by atoms with Crippen LogP contribution in [-0.4, -0.2) is 35.1 Å². The van der Waals surface area contributed by atoms with Crippen molar-refractivity contribution in [2.75, 3.05) is 5.32 Å². The molecule has 1 aliphatic heterocycles. The van der Waals surface area contributed by atoms with E-state index in [1.165, 1.54) is 13.0 Å². The van der Waals surface area contributed by atoms with E-state index in [0.29, 0.717) is 0 Å². The Bertz CT molecular complexity index is 616. The lowest BCUT2D eigenvalue weighted by molar-refractivity contribution is -0.140. The predicted octanol–water partition coefficient (Wildman–Crippen LogP) is 2.32. The number of carbonyl (C=O) groups is 2. The summed E-state index contributed by atoms with van der Waals surface area (Å²) in [6.45, 7) is 3.15. The van der Waals surface area contributed by atoms with Crippen molar-refractivity contribution in [3.63, 3.8) is 0 Å². The number of ether oxygens (including phenoxy) is 1. The molecule has 3 atom stereocenters. The van der Waals surface area contributed by atoms with Gasteiger partial charge in [-0.05, 0) is 43.7 Å². The van der Waals surface area contributed by atoms with E-state index < -0.39 is 12.2 Å². The van der Waals surface area contributed by atoms with Crippen molar-refractivity contribution in [3.8, 4) is 0 Å². The Labute approximate surface area is 135 Å². The number of aliphatic hydroxyl groups excluding tert-OH is 1. The van der Waals surface area contributed by atoms with Crippen molar-refractivity contribution in [3.05, 3.63) is 48.1 Å². The molecular formula is C18H21NO4. The number of hydrogen-bond acceptors (Lipinski definition) is 5. The highest BCUT2D eigenvalue weighted by Crippen LogP contribution is 2.22. The number of cyclic esters (lactones) is 1. The minimum absolute atomic E-state index is 0.00144. The smallest absolute Gasteiger partial charge is 0.308 e. The molecule has 0 amide bonds. The quantitative estimate of drug-likeness (QED) is 0.479. The van der Waals surface area contributed by atoms with Crippen molar-refractivity contribution in [1.29, 1.82) is 0 Å². The van der Waals surface area contributed by atoms with E-state index >= 15 is 0 Å². The number of nitrogens with one attached hydrogen (secondary N) is 1. The van der Waals surface area contributed by atoms with Crippen LogP contribution in [-0.2, 0) is 14.3 Å². The average molecular weight is 315 g/mol. The molecule has 0 aliphatic carbocycles. The Kier molecular flexibility index (Phi) is 5.71. The van der Waals surface area contributed by atoms with Gasteiger partial charge >= 0.3 is 5.97 Å². The first-order valence-electron chi connectivity index (χ1n) is 7.55. The van der Waals surface area contributed by atoms with Gasteiger partial charge in [-0.2, -0.15) is 0 Å². The minimum Gasteiger partial charge on any atom is -0.456 e. The number of allylic oxidation sites excluding steroid dienone is 1. The van der Waals surface area contributed by atoms with Gasteiger partial charge < -0.3 is 15.2 Å². The molecule has 122 valence electrons. The fourth-order valence-corrected chi connectivity index (χ4v) is 2.27. The van der Waals surface area contributed by atoms with Crippen LogP contribution in [0.15, 0.2) is 42.5 Å². The largest absolute Gasteiger partial charge is 0.456 e. The van der Waals surface area contributed by atoms with Gasteiger partial charge in [0.25, 0.3) is 0 Å². The highest BCUT2D eigenvalue weighted by Gasteiger charge is 2.32. The molecule has 0 spiro atoms. The third-order valence-corrected chi connectivity index (χ3v) is 3.40. The van der Waals surface area contributed by atoms with Crippen LogP contribution in [0.2, 0.25) is 0 Å². The summed E-state index contributed by atoms with van der Waals surface area (Å²) in [6, 6.07) is 7.38. The molecule has 5 nitrogen and oxygen atoms in total. The molecule has 2 rings (SSSR count). The Morgan fingerprint density at radius 1 is 1.39 bits per heavy atom. The first-order valence-corrected chi connectivity index (χ1v) is 7.55. The summed E-state index contributed by atoms with van der Waals surface area (Å²) in [5.74, 6) is -0.259. The average Bonchev–Trinajstić information content (AvgIpc) is 2.84. The van der Waals surface area contributed by atoms with Crippen LogP contribution in [0, 0.1) is 0 Å². The summed E-state index contributed by atoms with van der Waals surface area (Å²) in [5.41, 5.74) is 1.79. The number of esters is 1. The number of hydrogen-bond donors (Lipinski definition) is 2. The molecule has 23 heavy (non-hydrogen) atoms. The van der Waals surface area contributed by atoms with Gasteiger partial charge in [-0.15, -0.1) is 0 Å². The van der Waals surface area contributed by atoms with E-state index in [4.69, 9.17) is 4.74 Å². The van der Waals surface area contributed by atoms with Crippen LogP contribution < -0.4 is 5.32 Å². The fraction of sp³-hybridized carbons (Fsp3) is 0.333. The third kappa shape index (κ3) is 5.38. The molecule has 1 heterocycles. The summed E-state index contributed by atoms with van der Waals surface area (Å²) in [4.78, 5) is 22.4. The Balaban J connectivity index is 2.02. The highest BCUT2D eigenvalue weighted by molar-refractivity contribution is 5.91. The van der Waals surface area contributed by atoms with E-state index in [0.717, 1.165) is 11.3 Å². The van der Waals surface area contributed by atoms with E-state index in [9.17, 15) is 14.7 Å². The molecule has 0 radical (unpaired) electrons. The van der Waals surface area contributed by atoms with Crippen molar-refractivity contribution in [2.24, 2.45) is 0 Å². The SMILES string of the molecule is CC(=O)C=Cc1ccc(N[C@@H]2CC(=O)O[C@H]2C=C[C@H](C)O)cc1. The van der Waals surface area contributed by atoms with Gasteiger partial charge in [0.15, 0.2) is 5.78 Å². The second-order valence-electron chi connectivity index (χ2n) is 5.60. The summed E-state index contributed by atoms with van der Waals surface area (Å²) >= 11 is 0. The van der Waals surface area contributed by atoms with Crippen LogP contribution >= 0.6 is 0 Å². The maximum Gasteiger partial charge on any atom is 0.308 e. The molecule has 2 N–H and O–H groups in total. The van der Waals surface area contributed by atoms with E-state index in [-0.39, 0.29) is 24.2 Å². The number of aliphatic hydroxyl groups is 1. The Hall–Kier alpha value is -2.40. The van der Waals surface area contributed by atoms with Crippen LogP contribution in [0.3, 0.4) is 0 Å². The summed E-state index contributed by atoms with van der Waals surface area (Å²) < 4.78 is 5.24. The summed E-state index contributed by atoms with van der Waals surface area (Å²) in [6.07, 6.45) is 5.88. The number of anilines is 1. The van der Waals surface area contributed by atoms with Gasteiger partial charge in [0.1, 0.15) is 6.10 Å². The monoisotopic (exact) mass is 315 g/mol. The third-order valence-electron chi connectivity index (χ3n) is 3.40. The van der Waals surface area contributed by atoms with Crippen molar-refractivity contribution in [1.82, 2.24) is 0 Å². The molecule has 1 aromatic rings. The molecule has 0 aromatic heterocycles. The molecule has 1 saturated heterocycles. The van der Waals surface area contributed by atoms with Crippen molar-refractivity contribution in [2.45, 2.75) is 38.5 Å². The molecule has 0 saturated carbocycles. The molecule has 0 bridgehead atoms. The number of carbonyl (C=O) groups excluding carboxylic acids is 2. The first-order chi connectivity index (χ1) is 10.9. The van der Waals surface area contributed by atoms with Crippen LogP contribution in [0.4, 0.5) is 5.69 Å². The van der Waals surface area contributed by atoms with Gasteiger partial charge in [0, 0.05) is 5.69 Å². The molecule has 1 fully saturated rings. The maximum absolute atomic E-state index is 11.5. The highest BCUT2D eigenvalue weighted by atomic mass is 16.6. The number of ketones is 1. The first kappa shape index (κ1) is 17.0. The zero-order valence-corrected chi connectivity index (χ0v) is 13.2. The Morgan fingerprint density at radius 2 is 2.09 bits per heavy atom. The normalized spacial score (nSPS) is 22.5. The van der Waals surface area contributed by atoms with Gasteiger partial charge in [-0.25, -0.2) is 0 Å². The van der Waals surface area contributed by atoms with E-state index in [2.05, 4.69) is 5.32 Å². The zero-order valence-electron chi connectivity index (χ0n) is 13.2. The molecule has 0 unspecified atom stereocenters. The topological polar surface area (TPSA) is 75.6 Å². The molecular weight excluding hydrogens is 294 g/mol. The fourth-order valence-electron chi connectivity index (χ4n) is 2.27. The molecule has 1 aliphatic rings. The summed E-state index contributed by atoms with van der Waals surface area (Å²) in [7, 11) is 0. The number of benzene rings is 1. The van der Waals surface area contributed by atoms with Gasteiger partial charge in [-0.1, -0.05) is 24.3 Å². The maximum atomic E-state index is 11.5. The lowest BCUT2D eigenvalue weighted by atomic mass is 10.1. The second-order valence-corrected chi connectivity index (χ2v) is 5.60. The lowest BCUT2D eigenvalue weighted by Crippen LogP contribution is -2.27. The van der Waals surface area contributed by atoms with Crippen molar-refractivity contribution < 1.29 is 19.4 Å². The minimum atomic E-state index is -0.581. The second kappa shape index (κ2) is 7.74. The van der Waals surface area contributed by atoms with Gasteiger partial charge in [-0.3, -0.25) is 9.59 Å². The van der Waals surface area contributed by atoms with E-state index in [1.807, 2.05) is 24.3 Å². The predicted molar refractivity (Wildman–Crippen MR) is 88.9 cm³/mol. The Morgan fingerprint density at radius 3 is 2.70 bits per heavy atom. The van der Waals surface area contributed by atoms with Crippen LogP contribution in [0.1, 0.15) is 25.8 Å². The summed E-state index contributed by atoms with van der Waals surface area (Å²) in [5, 5.41) is 12.6. The standard InChI is InChI=1S/C18H21NO4/c1-12(20)3-5-14-6-8-15(9-7-14)19-16-11-18(22)23-17(16)10-4-13(2)21/h3-10,13,16-17,19,21H,11H2,1-2H3/t13-,16+,17-/m0/s1.